The molecule has 0 aromatic carbocycles. The molecule has 0 spiro atoms. The number of hydrogen-bond acceptors (Lipinski definition) is 5. The van der Waals surface area contributed by atoms with Gasteiger partial charge < -0.3 is 10.5 Å². The number of esters is 1. The minimum atomic E-state index is -0.375. The summed E-state index contributed by atoms with van der Waals surface area (Å²) in [6, 6.07) is 0. The van der Waals surface area contributed by atoms with Crippen molar-refractivity contribution in [2.24, 2.45) is 5.73 Å². The van der Waals surface area contributed by atoms with Crippen LogP contribution < -0.4 is 5.73 Å². The summed E-state index contributed by atoms with van der Waals surface area (Å²) in [5, 5.41) is 1.02. The van der Waals surface area contributed by atoms with Crippen LogP contribution in [0.3, 0.4) is 0 Å². The Labute approximate surface area is 93.5 Å². The molecule has 0 amide bonds. The molecule has 1 aromatic heterocycles. The van der Waals surface area contributed by atoms with Crippen LogP contribution in [0.15, 0.2) is 6.20 Å². The normalized spacial score (nSPS) is 12.9. The van der Waals surface area contributed by atoms with E-state index in [-0.39, 0.29) is 18.4 Å². The van der Waals surface area contributed by atoms with Crippen molar-refractivity contribution >= 4 is 17.3 Å². The van der Waals surface area contributed by atoms with Crippen LogP contribution >= 0.6 is 11.3 Å². The van der Waals surface area contributed by atoms with E-state index in [0.717, 1.165) is 9.88 Å². The van der Waals surface area contributed by atoms with E-state index in [1.165, 1.54) is 18.4 Å². The maximum absolute atomic E-state index is 11.4. The monoisotopic (exact) mass is 228 g/mol. The third-order valence-corrected chi connectivity index (χ3v) is 3.51. The molecule has 4 nitrogen and oxygen atoms in total. The van der Waals surface area contributed by atoms with Crippen molar-refractivity contribution in [3.05, 3.63) is 16.1 Å². The van der Waals surface area contributed by atoms with Gasteiger partial charge in [0.2, 0.25) is 0 Å². The van der Waals surface area contributed by atoms with Crippen LogP contribution in [-0.4, -0.2) is 24.6 Å². The summed E-state index contributed by atoms with van der Waals surface area (Å²) in [6.07, 6.45) is 1.72. The first-order valence-corrected chi connectivity index (χ1v) is 5.65. The lowest BCUT2D eigenvalue weighted by Gasteiger charge is -2.08. The lowest BCUT2D eigenvalue weighted by molar-refractivity contribution is -0.142. The first kappa shape index (κ1) is 12.1. The Hall–Kier alpha value is -0.940. The van der Waals surface area contributed by atoms with Crippen LogP contribution in [0.4, 0.5) is 0 Å². The zero-order chi connectivity index (χ0) is 11.4. The highest BCUT2D eigenvalue weighted by Crippen LogP contribution is 2.27. The molecule has 0 saturated heterocycles. The fourth-order valence-corrected chi connectivity index (χ4v) is 2.22. The summed E-state index contributed by atoms with van der Waals surface area (Å²) >= 11 is 1.53. The van der Waals surface area contributed by atoms with Crippen molar-refractivity contribution < 1.29 is 9.53 Å². The maximum Gasteiger partial charge on any atom is 0.315 e. The van der Waals surface area contributed by atoms with Gasteiger partial charge in [-0.15, -0.1) is 11.3 Å². The van der Waals surface area contributed by atoms with E-state index in [9.17, 15) is 4.79 Å². The molecule has 5 heteroatoms. The predicted molar refractivity (Wildman–Crippen MR) is 60.0 cm³/mol. The first-order chi connectivity index (χ1) is 7.10. The molecular weight excluding hydrogens is 212 g/mol. The maximum atomic E-state index is 11.4. The summed E-state index contributed by atoms with van der Waals surface area (Å²) in [6.45, 7) is 4.39. The van der Waals surface area contributed by atoms with Crippen molar-refractivity contribution in [1.82, 2.24) is 4.98 Å². The second-order valence-electron chi connectivity index (χ2n) is 3.57. The minimum Gasteiger partial charge on any atom is -0.468 e. The molecule has 1 aromatic rings. The number of nitrogens with zero attached hydrogens (tertiary/aromatic N) is 1. The summed E-state index contributed by atoms with van der Waals surface area (Å²) < 4.78 is 4.69. The van der Waals surface area contributed by atoms with Gasteiger partial charge in [-0.1, -0.05) is 13.8 Å². The van der Waals surface area contributed by atoms with E-state index < -0.39 is 0 Å². The van der Waals surface area contributed by atoms with Gasteiger partial charge in [0.25, 0.3) is 0 Å². The second-order valence-corrected chi connectivity index (χ2v) is 4.66. The van der Waals surface area contributed by atoms with Gasteiger partial charge in [0, 0.05) is 23.5 Å². The van der Waals surface area contributed by atoms with E-state index in [4.69, 9.17) is 5.73 Å². The minimum absolute atomic E-state index is 0.256. The van der Waals surface area contributed by atoms with Crippen LogP contribution in [0.25, 0.3) is 0 Å². The Morgan fingerprint density at radius 3 is 2.73 bits per heavy atom. The van der Waals surface area contributed by atoms with Gasteiger partial charge in [0.1, 0.15) is 5.92 Å². The standard InChI is InChI=1S/C10H16N2O2S/c1-6(2)9-12-5-8(15-9)7(4-11)10(13)14-3/h5-7H,4,11H2,1-3H3. The first-order valence-electron chi connectivity index (χ1n) is 4.83. The highest BCUT2D eigenvalue weighted by Gasteiger charge is 2.22. The number of hydrogen-bond donors (Lipinski definition) is 1. The molecule has 0 aliphatic rings. The van der Waals surface area contributed by atoms with Gasteiger partial charge in [-0.2, -0.15) is 0 Å². The highest BCUT2D eigenvalue weighted by molar-refractivity contribution is 7.11. The van der Waals surface area contributed by atoms with Crippen LogP contribution in [0, 0.1) is 0 Å². The molecule has 15 heavy (non-hydrogen) atoms. The molecule has 84 valence electrons. The van der Waals surface area contributed by atoms with Gasteiger partial charge in [-0.25, -0.2) is 4.98 Å². The Kier molecular flexibility index (Phi) is 4.23. The third kappa shape index (κ3) is 2.76. The van der Waals surface area contributed by atoms with Crippen molar-refractivity contribution in [2.45, 2.75) is 25.7 Å². The number of rotatable bonds is 4. The highest BCUT2D eigenvalue weighted by atomic mass is 32.1. The van der Waals surface area contributed by atoms with Gasteiger partial charge >= 0.3 is 5.97 Å². The molecule has 1 rings (SSSR count). The number of carbonyl (C=O) groups is 1. The molecule has 2 N–H and O–H groups in total. The fourth-order valence-electron chi connectivity index (χ4n) is 1.20. The molecule has 0 aliphatic carbocycles. The lowest BCUT2D eigenvalue weighted by Crippen LogP contribution is -2.21. The average molecular weight is 228 g/mol. The molecule has 0 saturated carbocycles. The van der Waals surface area contributed by atoms with Crippen molar-refractivity contribution in [1.29, 1.82) is 0 Å². The van der Waals surface area contributed by atoms with Crippen LogP contribution in [0.1, 0.15) is 35.6 Å². The van der Waals surface area contributed by atoms with Gasteiger partial charge in [0.05, 0.1) is 12.1 Å². The van der Waals surface area contributed by atoms with E-state index in [2.05, 4.69) is 23.6 Å². The number of thiazole rings is 1. The molecule has 1 unspecified atom stereocenters. The smallest absolute Gasteiger partial charge is 0.315 e. The van der Waals surface area contributed by atoms with E-state index in [1.807, 2.05) is 0 Å². The zero-order valence-corrected chi connectivity index (χ0v) is 10.0. The molecule has 0 bridgehead atoms. The summed E-state index contributed by atoms with van der Waals surface area (Å²) in [7, 11) is 1.37. The van der Waals surface area contributed by atoms with Gasteiger partial charge in [-0.05, 0) is 0 Å². The van der Waals surface area contributed by atoms with Crippen LogP contribution in [0.2, 0.25) is 0 Å². The molecular formula is C10H16N2O2S. The van der Waals surface area contributed by atoms with E-state index >= 15 is 0 Å². The SMILES string of the molecule is COC(=O)C(CN)c1cnc(C(C)C)s1. The summed E-state index contributed by atoms with van der Waals surface area (Å²) in [5.74, 6) is -0.295. The fraction of sp³-hybridized carbons (Fsp3) is 0.600. The van der Waals surface area contributed by atoms with Crippen LogP contribution in [-0.2, 0) is 9.53 Å². The van der Waals surface area contributed by atoms with Crippen molar-refractivity contribution in [2.75, 3.05) is 13.7 Å². The molecule has 0 radical (unpaired) electrons. The number of nitrogens with two attached hydrogens (primary N) is 1. The Balaban J connectivity index is 2.88. The van der Waals surface area contributed by atoms with Crippen LogP contribution in [0.5, 0.6) is 0 Å². The Bertz CT molecular complexity index is 336. The summed E-state index contributed by atoms with van der Waals surface area (Å²) in [4.78, 5) is 16.5. The number of methoxy groups -OCH3 is 1. The average Bonchev–Trinajstić information content (AvgIpc) is 2.68. The van der Waals surface area contributed by atoms with Crippen molar-refractivity contribution in [3.8, 4) is 0 Å². The quantitative estimate of drug-likeness (QED) is 0.793. The summed E-state index contributed by atoms with van der Waals surface area (Å²) in [5.41, 5.74) is 5.54. The molecule has 0 fully saturated rings. The third-order valence-electron chi connectivity index (χ3n) is 2.10. The number of aromatic nitrogens is 1. The Morgan fingerprint density at radius 1 is 1.67 bits per heavy atom. The number of ether oxygens (including phenoxy) is 1. The molecule has 0 aliphatic heterocycles. The van der Waals surface area contributed by atoms with E-state index in [0.29, 0.717) is 5.92 Å². The van der Waals surface area contributed by atoms with Gasteiger partial charge in [0.15, 0.2) is 0 Å². The van der Waals surface area contributed by atoms with Crippen molar-refractivity contribution in [3.63, 3.8) is 0 Å². The molecule has 1 atom stereocenters. The second kappa shape index (κ2) is 5.23. The molecule has 1 heterocycles. The Morgan fingerprint density at radius 2 is 2.33 bits per heavy atom. The van der Waals surface area contributed by atoms with E-state index in [1.54, 1.807) is 6.20 Å². The lowest BCUT2D eigenvalue weighted by atomic mass is 10.1. The number of carbonyl (C=O) groups excluding carboxylic acids is 1. The largest absolute Gasteiger partial charge is 0.468 e. The topological polar surface area (TPSA) is 65.2 Å². The predicted octanol–water partition coefficient (Wildman–Crippen LogP) is 1.48. The van der Waals surface area contributed by atoms with Gasteiger partial charge in [-0.3, -0.25) is 4.79 Å². The zero-order valence-electron chi connectivity index (χ0n) is 9.19.